The molecule has 7 nitrogen and oxygen atoms in total. The number of aryl methyl sites for hydroxylation is 1. The summed E-state index contributed by atoms with van der Waals surface area (Å²) in [6.45, 7) is -0.311. The van der Waals surface area contributed by atoms with Crippen molar-refractivity contribution in [2.75, 3.05) is 6.54 Å². The van der Waals surface area contributed by atoms with Gasteiger partial charge in [0.1, 0.15) is 17.8 Å². The molecule has 0 aliphatic carbocycles. The minimum absolute atomic E-state index is 0.0229. The molecule has 1 aromatic carbocycles. The summed E-state index contributed by atoms with van der Waals surface area (Å²) in [5.74, 6) is -1.72. The minimum atomic E-state index is -4.62. The number of halogens is 6. The van der Waals surface area contributed by atoms with E-state index in [9.17, 15) is 39.6 Å². The summed E-state index contributed by atoms with van der Waals surface area (Å²) in [5.41, 5.74) is -3.01. The Morgan fingerprint density at radius 2 is 1.76 bits per heavy atom. The lowest BCUT2D eigenvalue weighted by atomic mass is 9.89. The number of pyridine rings is 1. The van der Waals surface area contributed by atoms with Crippen molar-refractivity contribution in [3.05, 3.63) is 72.2 Å². The molecule has 0 N–H and O–H groups in total. The highest BCUT2D eigenvalue weighted by atomic mass is 32.2. The molecule has 1 aliphatic heterocycles. The van der Waals surface area contributed by atoms with Gasteiger partial charge in [0.05, 0.1) is 10.6 Å². The fraction of sp³-hybridized carbons (Fsp3) is 0.333. The number of nitrogens with zero attached hydrogens (tertiary/aromatic N) is 4. The van der Waals surface area contributed by atoms with Gasteiger partial charge in [0.15, 0.2) is 11.3 Å². The standard InChI is InChI=1S/C24H20F6N4O3S/c25-16-3-6-18(7-4-16)38(36,37)34-11-1-10-23(34,22(26)27)21(35)9-5-17-12-19(33-14-32-17)15-2-8-20(31-13-15)24(28,29)30/h2-4,6-8,12-14,22H,1,5,9-11H2/t23-/m0/s1. The van der Waals surface area contributed by atoms with Crippen molar-refractivity contribution in [3.8, 4) is 11.3 Å². The van der Waals surface area contributed by atoms with E-state index in [4.69, 9.17) is 0 Å². The second-order valence-electron chi connectivity index (χ2n) is 8.61. The van der Waals surface area contributed by atoms with Crippen LogP contribution in [0.5, 0.6) is 0 Å². The van der Waals surface area contributed by atoms with Gasteiger partial charge in [-0.25, -0.2) is 31.6 Å². The summed E-state index contributed by atoms with van der Waals surface area (Å²) in [5, 5.41) is 0. The number of carbonyl (C=O) groups excluding carboxylic acids is 1. The predicted molar refractivity (Wildman–Crippen MR) is 122 cm³/mol. The quantitative estimate of drug-likeness (QED) is 0.373. The monoisotopic (exact) mass is 558 g/mol. The van der Waals surface area contributed by atoms with Gasteiger partial charge in [0.25, 0.3) is 6.43 Å². The average molecular weight is 559 g/mol. The van der Waals surface area contributed by atoms with Crippen molar-refractivity contribution in [2.24, 2.45) is 0 Å². The van der Waals surface area contributed by atoms with Crippen molar-refractivity contribution in [1.29, 1.82) is 0 Å². The van der Waals surface area contributed by atoms with Crippen LogP contribution in [0.3, 0.4) is 0 Å². The van der Waals surface area contributed by atoms with Gasteiger partial charge in [0.2, 0.25) is 10.0 Å². The zero-order valence-corrected chi connectivity index (χ0v) is 20.3. The Bertz CT molecular complexity index is 1420. The highest BCUT2D eigenvalue weighted by molar-refractivity contribution is 7.89. The van der Waals surface area contributed by atoms with Gasteiger partial charge in [0, 0.05) is 30.4 Å². The van der Waals surface area contributed by atoms with Crippen LogP contribution in [-0.4, -0.2) is 52.0 Å². The van der Waals surface area contributed by atoms with E-state index in [1.165, 1.54) is 6.07 Å². The summed E-state index contributed by atoms with van der Waals surface area (Å²) >= 11 is 0. The topological polar surface area (TPSA) is 93.1 Å². The molecule has 1 saturated heterocycles. The number of benzene rings is 1. The molecule has 0 saturated carbocycles. The van der Waals surface area contributed by atoms with Gasteiger partial charge in [-0.2, -0.15) is 17.5 Å². The lowest BCUT2D eigenvalue weighted by Crippen LogP contribution is -2.57. The fourth-order valence-electron chi connectivity index (χ4n) is 4.37. The first kappa shape index (κ1) is 27.6. The Balaban J connectivity index is 1.55. The maximum atomic E-state index is 14.4. The maximum absolute atomic E-state index is 14.4. The molecule has 38 heavy (non-hydrogen) atoms. The number of aromatic nitrogens is 3. The van der Waals surface area contributed by atoms with Crippen molar-refractivity contribution < 1.29 is 39.6 Å². The van der Waals surface area contributed by atoms with Crippen LogP contribution in [0.25, 0.3) is 11.3 Å². The number of hydrogen-bond donors (Lipinski definition) is 0. The summed E-state index contributed by atoms with van der Waals surface area (Å²) in [7, 11) is -4.54. The van der Waals surface area contributed by atoms with Crippen LogP contribution >= 0.6 is 0 Å². The molecule has 0 spiro atoms. The SMILES string of the molecule is O=C(CCc1cc(-c2ccc(C(F)(F)F)nc2)ncn1)[C@]1(C(F)F)CCCN1S(=O)(=O)c1ccc(F)cc1. The first-order valence-corrected chi connectivity index (χ1v) is 12.7. The third-order valence-corrected chi connectivity index (χ3v) is 8.25. The lowest BCUT2D eigenvalue weighted by Gasteiger charge is -2.35. The van der Waals surface area contributed by atoms with Crippen LogP contribution in [0.1, 0.15) is 30.7 Å². The normalized spacial score (nSPS) is 18.7. The van der Waals surface area contributed by atoms with Crippen molar-refractivity contribution in [3.63, 3.8) is 0 Å². The Labute approximate surface area is 213 Å². The third-order valence-electron chi connectivity index (χ3n) is 6.29. The molecule has 0 radical (unpaired) electrons. The van der Waals surface area contributed by atoms with Crippen LogP contribution in [0, 0.1) is 5.82 Å². The molecule has 1 aliphatic rings. The van der Waals surface area contributed by atoms with Crippen molar-refractivity contribution in [1.82, 2.24) is 19.3 Å². The lowest BCUT2D eigenvalue weighted by molar-refractivity contribution is -0.141. The summed E-state index contributed by atoms with van der Waals surface area (Å²) in [6, 6.07) is 6.99. The first-order chi connectivity index (χ1) is 17.9. The van der Waals surface area contributed by atoms with Crippen LogP contribution < -0.4 is 0 Å². The number of Topliss-reactive ketones (excluding diaryl/α,β-unsaturated/α-hetero) is 1. The third kappa shape index (κ3) is 5.27. The molecule has 0 bridgehead atoms. The van der Waals surface area contributed by atoms with E-state index in [0.29, 0.717) is 4.31 Å². The fourth-order valence-corrected chi connectivity index (χ4v) is 6.17. The zero-order valence-electron chi connectivity index (χ0n) is 19.5. The molecule has 14 heteroatoms. The average Bonchev–Trinajstić information content (AvgIpc) is 3.35. The number of carbonyl (C=O) groups is 1. The van der Waals surface area contributed by atoms with Gasteiger partial charge in [-0.3, -0.25) is 9.78 Å². The number of sulfonamides is 1. The van der Waals surface area contributed by atoms with E-state index in [1.54, 1.807) is 0 Å². The van der Waals surface area contributed by atoms with E-state index >= 15 is 0 Å². The Hall–Kier alpha value is -3.39. The molecular weight excluding hydrogens is 538 g/mol. The number of ketones is 1. The van der Waals surface area contributed by atoms with Crippen LogP contribution in [0.15, 0.2) is 59.9 Å². The van der Waals surface area contributed by atoms with Gasteiger partial charge >= 0.3 is 6.18 Å². The molecule has 2 aromatic heterocycles. The molecule has 0 amide bonds. The van der Waals surface area contributed by atoms with E-state index in [-0.39, 0.29) is 36.3 Å². The van der Waals surface area contributed by atoms with Crippen LogP contribution in [0.2, 0.25) is 0 Å². The molecule has 202 valence electrons. The van der Waals surface area contributed by atoms with Gasteiger partial charge < -0.3 is 0 Å². The number of hydrogen-bond acceptors (Lipinski definition) is 6. The zero-order chi connectivity index (χ0) is 27.7. The van der Waals surface area contributed by atoms with Crippen LogP contribution in [0.4, 0.5) is 26.3 Å². The maximum Gasteiger partial charge on any atom is 0.433 e. The minimum Gasteiger partial charge on any atom is -0.297 e. The molecule has 3 aromatic rings. The Morgan fingerprint density at radius 3 is 2.37 bits per heavy atom. The Morgan fingerprint density at radius 1 is 1.05 bits per heavy atom. The van der Waals surface area contributed by atoms with E-state index in [1.807, 2.05) is 0 Å². The summed E-state index contributed by atoms with van der Waals surface area (Å²) in [4.78, 5) is 24.1. The predicted octanol–water partition coefficient (Wildman–Crippen LogP) is 4.69. The molecular formula is C24H20F6N4O3S. The second kappa shape index (κ2) is 10.4. The summed E-state index contributed by atoms with van der Waals surface area (Å²) in [6.07, 6.45) is -6.87. The van der Waals surface area contributed by atoms with Crippen LogP contribution in [-0.2, 0) is 27.4 Å². The molecule has 1 fully saturated rings. The highest BCUT2D eigenvalue weighted by Gasteiger charge is 2.58. The molecule has 4 rings (SSSR count). The molecule has 1 atom stereocenters. The second-order valence-corrected chi connectivity index (χ2v) is 10.5. The van der Waals surface area contributed by atoms with Crippen molar-refractivity contribution in [2.45, 2.75) is 48.7 Å². The molecule has 0 unspecified atom stereocenters. The van der Waals surface area contributed by atoms with Gasteiger partial charge in [-0.05, 0) is 61.7 Å². The Kier molecular flexibility index (Phi) is 7.57. The number of alkyl halides is 5. The van der Waals surface area contributed by atoms with Gasteiger partial charge in [-0.1, -0.05) is 0 Å². The smallest absolute Gasteiger partial charge is 0.297 e. The largest absolute Gasteiger partial charge is 0.433 e. The van der Waals surface area contributed by atoms with Crippen molar-refractivity contribution >= 4 is 15.8 Å². The van der Waals surface area contributed by atoms with E-state index in [0.717, 1.165) is 48.9 Å². The summed E-state index contributed by atoms with van der Waals surface area (Å²) < 4.78 is 107. The first-order valence-electron chi connectivity index (χ1n) is 11.3. The number of rotatable bonds is 8. The van der Waals surface area contributed by atoms with Gasteiger partial charge in [-0.15, -0.1) is 0 Å². The molecule has 3 heterocycles. The van der Waals surface area contributed by atoms with E-state index in [2.05, 4.69) is 15.0 Å². The highest BCUT2D eigenvalue weighted by Crippen LogP contribution is 2.41. The van der Waals surface area contributed by atoms with E-state index < -0.39 is 63.2 Å².